The monoisotopic (exact) mass is 474 g/mol. The molecule has 190 valence electrons. The normalized spacial score (nSPS) is 14.1. The van der Waals surface area contributed by atoms with Crippen LogP contribution in [-0.4, -0.2) is 62.2 Å². The molecule has 2 rings (SSSR count). The van der Waals surface area contributed by atoms with Crippen LogP contribution in [0.15, 0.2) is 18.2 Å². The van der Waals surface area contributed by atoms with Crippen molar-refractivity contribution in [2.75, 3.05) is 7.05 Å². The highest BCUT2D eigenvalue weighted by Gasteiger charge is 2.31. The number of aromatic nitrogens is 1. The van der Waals surface area contributed by atoms with Gasteiger partial charge in [-0.25, -0.2) is 4.79 Å². The predicted molar refractivity (Wildman–Crippen MR) is 139 cm³/mol. The molecule has 0 amide bonds. The lowest BCUT2D eigenvalue weighted by molar-refractivity contribution is 0.0714. The van der Waals surface area contributed by atoms with Gasteiger partial charge in [0.05, 0.1) is 16.7 Å². The third kappa shape index (κ3) is 7.31. The molecule has 1 atom stereocenters. The van der Waals surface area contributed by atoms with Gasteiger partial charge in [-0.3, -0.25) is 9.47 Å². The Morgan fingerprint density at radius 3 is 2.18 bits per heavy atom. The fourth-order valence-electron chi connectivity index (χ4n) is 4.08. The van der Waals surface area contributed by atoms with E-state index in [1.165, 1.54) is 0 Å². The second kappa shape index (κ2) is 10.0. The molecule has 1 aromatic carbocycles. The molecule has 1 unspecified atom stereocenters. The van der Waals surface area contributed by atoms with Gasteiger partial charge in [-0.2, -0.15) is 0 Å². The van der Waals surface area contributed by atoms with Gasteiger partial charge in [-0.1, -0.05) is 26.8 Å². The molecule has 3 N–H and O–H groups in total. The zero-order valence-electron chi connectivity index (χ0n) is 22.6. The summed E-state index contributed by atoms with van der Waals surface area (Å²) < 4.78 is 6.81. The van der Waals surface area contributed by atoms with Gasteiger partial charge < -0.3 is 19.9 Å². The van der Waals surface area contributed by atoms with Crippen LogP contribution in [0.4, 0.5) is 4.79 Å². The predicted octanol–water partition coefficient (Wildman–Crippen LogP) is 4.24. The molecule has 0 fully saturated rings. The van der Waals surface area contributed by atoms with Crippen molar-refractivity contribution in [1.82, 2.24) is 9.47 Å². The van der Waals surface area contributed by atoms with Crippen LogP contribution in [0.3, 0.4) is 0 Å². The minimum Gasteiger partial charge on any atom is -0.464 e. The summed E-state index contributed by atoms with van der Waals surface area (Å²) in [5, 5.41) is 31.9. The van der Waals surface area contributed by atoms with Gasteiger partial charge in [-0.15, -0.1) is 0 Å². The van der Waals surface area contributed by atoms with Crippen LogP contribution in [0.1, 0.15) is 79.9 Å². The van der Waals surface area contributed by atoms with Crippen LogP contribution in [0.5, 0.6) is 0 Å². The quantitative estimate of drug-likeness (QED) is 0.496. The van der Waals surface area contributed by atoms with E-state index in [9.17, 15) is 20.0 Å². The van der Waals surface area contributed by atoms with Crippen molar-refractivity contribution < 1.29 is 24.7 Å². The van der Waals surface area contributed by atoms with Crippen molar-refractivity contribution in [3.63, 3.8) is 0 Å². The first kappa shape index (κ1) is 28.4. The molecule has 8 heteroatoms. The summed E-state index contributed by atoms with van der Waals surface area (Å²) >= 11 is 0. The Morgan fingerprint density at radius 1 is 1.12 bits per heavy atom. The Kier molecular flexibility index (Phi) is 8.36. The lowest BCUT2D eigenvalue weighted by Crippen LogP contribution is -2.45. The highest BCUT2D eigenvalue weighted by Crippen LogP contribution is 2.28. The minimum absolute atomic E-state index is 0.0887. The summed E-state index contributed by atoms with van der Waals surface area (Å²) in [6.07, 6.45) is -0.0799. The number of benzene rings is 1. The Balaban J connectivity index is 2.66. The average Bonchev–Trinajstić information content (AvgIpc) is 3.02. The van der Waals surface area contributed by atoms with Crippen molar-refractivity contribution in [3.8, 4) is 0 Å². The largest absolute Gasteiger partial charge is 0.509 e. The lowest BCUT2D eigenvalue weighted by atomic mass is 9.83. The maximum atomic E-state index is 12.3. The van der Waals surface area contributed by atoms with Crippen LogP contribution in [0, 0.1) is 5.41 Å². The molecule has 0 aliphatic heterocycles. The van der Waals surface area contributed by atoms with Gasteiger partial charge in [0.1, 0.15) is 0 Å². The van der Waals surface area contributed by atoms with Gasteiger partial charge in [-0.05, 0) is 90.1 Å². The smallest absolute Gasteiger partial charge is 0.464 e. The Morgan fingerprint density at radius 2 is 1.71 bits per heavy atom. The molecule has 1 heterocycles. The Bertz CT molecular complexity index is 1010. The molecule has 2 aromatic rings. The van der Waals surface area contributed by atoms with Crippen LogP contribution >= 0.6 is 0 Å². The number of hydrogen-bond acceptors (Lipinski definition) is 5. The van der Waals surface area contributed by atoms with E-state index in [0.717, 1.165) is 21.1 Å². The summed E-state index contributed by atoms with van der Waals surface area (Å²) in [5.74, 6) is 0. The fourth-order valence-corrected chi connectivity index (χ4v) is 4.08. The second-order valence-corrected chi connectivity index (χ2v) is 12.2. The number of aliphatic hydroxyl groups is 1. The van der Waals surface area contributed by atoms with Crippen molar-refractivity contribution >= 4 is 29.7 Å². The number of rotatable bonds is 8. The molecule has 0 saturated carbocycles. The Hall–Kier alpha value is -1.87. The Labute approximate surface area is 204 Å². The third-order valence-corrected chi connectivity index (χ3v) is 6.36. The first-order chi connectivity index (χ1) is 15.3. The maximum Gasteiger partial charge on any atom is 0.509 e. The van der Waals surface area contributed by atoms with Crippen LogP contribution < -0.4 is 5.59 Å². The molecule has 0 radical (unpaired) electrons. The van der Waals surface area contributed by atoms with Crippen molar-refractivity contribution in [2.45, 2.75) is 98.9 Å². The SMILES string of the molecule is CC(N(C)Cc1cc(CCC(C)(C)O)c2cc(B(O)OC(C)(C)C)n(C(=O)O)c2c1)C(C)(C)C. The molecule has 1 aromatic heterocycles. The average molecular weight is 474 g/mol. The summed E-state index contributed by atoms with van der Waals surface area (Å²) in [5.41, 5.74) is 1.19. The number of hydrogen-bond donors (Lipinski definition) is 3. The standard InChI is InChI=1S/C26H43BN2O5/c1-17(24(2,3)4)28(10)16-18-13-19(11-12-26(8,9)32)20-15-22(27(33)34-25(5,6)7)29(23(30)31)21(20)14-18/h13-15,17,32-33H,11-12,16H2,1-10H3,(H,30,31). The fraction of sp³-hybridized carbons (Fsp3) is 0.654. The van der Waals surface area contributed by atoms with Gasteiger partial charge in [0, 0.05) is 23.6 Å². The van der Waals surface area contributed by atoms with Crippen molar-refractivity contribution in [3.05, 3.63) is 29.3 Å². The van der Waals surface area contributed by atoms with E-state index in [2.05, 4.69) is 45.7 Å². The van der Waals surface area contributed by atoms with Crippen LogP contribution in [-0.2, 0) is 17.6 Å². The zero-order valence-corrected chi connectivity index (χ0v) is 22.6. The number of fused-ring (bicyclic) bond motifs is 1. The molecule has 0 bridgehead atoms. The van der Waals surface area contributed by atoms with E-state index in [1.807, 2.05) is 26.8 Å². The topological polar surface area (TPSA) is 95.2 Å². The number of carbonyl (C=O) groups is 1. The van der Waals surface area contributed by atoms with Crippen LogP contribution in [0.25, 0.3) is 10.9 Å². The molecule has 0 spiro atoms. The lowest BCUT2D eigenvalue weighted by Gasteiger charge is -2.35. The molecule has 0 saturated heterocycles. The third-order valence-electron chi connectivity index (χ3n) is 6.36. The van der Waals surface area contributed by atoms with Gasteiger partial charge >= 0.3 is 13.2 Å². The minimum atomic E-state index is -1.39. The number of nitrogens with zero attached hydrogens (tertiary/aromatic N) is 2. The van der Waals surface area contributed by atoms with Gasteiger partial charge in [0.2, 0.25) is 0 Å². The molecule has 0 aliphatic rings. The molecular weight excluding hydrogens is 431 g/mol. The van der Waals surface area contributed by atoms with Crippen molar-refractivity contribution in [1.29, 1.82) is 0 Å². The number of carboxylic acid groups (broad SMARTS) is 1. The van der Waals surface area contributed by atoms with E-state index in [0.29, 0.717) is 30.9 Å². The van der Waals surface area contributed by atoms with E-state index < -0.39 is 24.4 Å². The van der Waals surface area contributed by atoms with E-state index in [4.69, 9.17) is 4.65 Å². The zero-order chi connectivity index (χ0) is 26.2. The highest BCUT2D eigenvalue weighted by atomic mass is 16.5. The molecular formula is C26H43BN2O5. The van der Waals surface area contributed by atoms with Gasteiger partial charge in [0.15, 0.2) is 0 Å². The highest BCUT2D eigenvalue weighted by molar-refractivity contribution is 6.60. The summed E-state index contributed by atoms with van der Waals surface area (Å²) in [7, 11) is 0.678. The van der Waals surface area contributed by atoms with Crippen molar-refractivity contribution in [2.24, 2.45) is 5.41 Å². The summed E-state index contributed by atoms with van der Waals surface area (Å²) in [4.78, 5) is 14.6. The van der Waals surface area contributed by atoms with E-state index in [-0.39, 0.29) is 11.0 Å². The van der Waals surface area contributed by atoms with E-state index >= 15 is 0 Å². The van der Waals surface area contributed by atoms with Crippen LogP contribution in [0.2, 0.25) is 0 Å². The maximum absolute atomic E-state index is 12.3. The molecule has 0 aliphatic carbocycles. The molecule has 34 heavy (non-hydrogen) atoms. The first-order valence-electron chi connectivity index (χ1n) is 12.0. The summed E-state index contributed by atoms with van der Waals surface area (Å²) in [6.45, 7) is 18.4. The van der Waals surface area contributed by atoms with Gasteiger partial charge in [0.25, 0.3) is 0 Å². The van der Waals surface area contributed by atoms with E-state index in [1.54, 1.807) is 19.9 Å². The summed E-state index contributed by atoms with van der Waals surface area (Å²) in [6, 6.07) is 5.97. The number of aryl methyl sites for hydroxylation is 1. The first-order valence-corrected chi connectivity index (χ1v) is 12.0. The second-order valence-electron chi connectivity index (χ2n) is 12.2. The molecule has 7 nitrogen and oxygen atoms in total.